The van der Waals surface area contributed by atoms with Gasteiger partial charge in [0.05, 0.1) is 0 Å². The van der Waals surface area contributed by atoms with Crippen LogP contribution < -0.4 is 0 Å². The Balaban J connectivity index is 3.73. The molecular formula is C15H28. The van der Waals surface area contributed by atoms with Gasteiger partial charge in [-0.25, -0.2) is 0 Å². The van der Waals surface area contributed by atoms with Crippen molar-refractivity contribution >= 4 is 0 Å². The summed E-state index contributed by atoms with van der Waals surface area (Å²) in [5, 5.41) is 0. The lowest BCUT2D eigenvalue weighted by atomic mass is 9.91. The summed E-state index contributed by atoms with van der Waals surface area (Å²) in [6.45, 7) is 10.7. The smallest absolute Gasteiger partial charge is 0.0174 e. The lowest BCUT2D eigenvalue weighted by Crippen LogP contribution is -2.00. The molecule has 0 aliphatic heterocycles. The Morgan fingerprint density at radius 3 is 2.40 bits per heavy atom. The van der Waals surface area contributed by atoms with Gasteiger partial charge >= 0.3 is 0 Å². The first-order valence-corrected chi connectivity index (χ1v) is 6.52. The van der Waals surface area contributed by atoms with Gasteiger partial charge in [0.25, 0.3) is 0 Å². The minimum absolute atomic E-state index is 0.713. The number of hydrogen-bond donors (Lipinski definition) is 0. The summed E-state index contributed by atoms with van der Waals surface area (Å²) in [5.41, 5.74) is 1.35. The van der Waals surface area contributed by atoms with Crippen LogP contribution in [0.25, 0.3) is 0 Å². The maximum atomic E-state index is 4.10. The van der Waals surface area contributed by atoms with Crippen molar-refractivity contribution in [2.45, 2.75) is 65.7 Å². The molecule has 88 valence electrons. The van der Waals surface area contributed by atoms with Crippen molar-refractivity contribution in [1.82, 2.24) is 0 Å². The molecular weight excluding hydrogens is 180 g/mol. The van der Waals surface area contributed by atoms with E-state index in [0.717, 1.165) is 6.42 Å². The van der Waals surface area contributed by atoms with Crippen LogP contribution in [-0.4, -0.2) is 0 Å². The Kier molecular flexibility index (Phi) is 9.67. The molecule has 0 heterocycles. The third-order valence-electron chi connectivity index (χ3n) is 2.93. The van der Waals surface area contributed by atoms with Crippen LogP contribution in [0.2, 0.25) is 0 Å². The average molecular weight is 208 g/mol. The Labute approximate surface area is 96.5 Å². The van der Waals surface area contributed by atoms with E-state index < -0.39 is 0 Å². The molecule has 0 rings (SSSR count). The topological polar surface area (TPSA) is 0 Å². The van der Waals surface area contributed by atoms with Gasteiger partial charge in [-0.1, -0.05) is 63.8 Å². The summed E-state index contributed by atoms with van der Waals surface area (Å²) < 4.78 is 0. The van der Waals surface area contributed by atoms with Crippen LogP contribution in [0.1, 0.15) is 65.7 Å². The number of allylic oxidation sites excluding steroid dienone is 3. The van der Waals surface area contributed by atoms with Gasteiger partial charge < -0.3 is 0 Å². The number of hydrogen-bond acceptors (Lipinski definition) is 0. The Morgan fingerprint density at radius 2 is 1.87 bits per heavy atom. The molecule has 0 radical (unpaired) electrons. The van der Waals surface area contributed by atoms with Gasteiger partial charge in [0.2, 0.25) is 0 Å². The van der Waals surface area contributed by atoms with Crippen LogP contribution in [0.5, 0.6) is 0 Å². The molecule has 0 aliphatic carbocycles. The predicted octanol–water partition coefficient (Wildman–Crippen LogP) is 5.51. The lowest BCUT2D eigenvalue weighted by Gasteiger charge is -2.14. The highest BCUT2D eigenvalue weighted by Crippen LogP contribution is 2.21. The summed E-state index contributed by atoms with van der Waals surface area (Å²) in [7, 11) is 0. The molecule has 0 spiro atoms. The van der Waals surface area contributed by atoms with E-state index >= 15 is 0 Å². The minimum atomic E-state index is 0.713. The molecule has 0 aromatic heterocycles. The predicted molar refractivity (Wildman–Crippen MR) is 71.1 cm³/mol. The third kappa shape index (κ3) is 8.47. The first-order valence-electron chi connectivity index (χ1n) is 6.52. The molecule has 0 nitrogen and oxygen atoms in total. The van der Waals surface area contributed by atoms with Crippen LogP contribution >= 0.6 is 0 Å². The standard InChI is InChI=1S/C15H28/c1-5-7-9-11-13-15(14(3)4)12-10-8-6-2/h8,10,15H,3,5-7,9,11-13H2,1-2,4H3. The molecule has 0 aliphatic rings. The summed E-state index contributed by atoms with van der Waals surface area (Å²) in [4.78, 5) is 0. The van der Waals surface area contributed by atoms with E-state index in [4.69, 9.17) is 0 Å². The minimum Gasteiger partial charge on any atom is -0.0998 e. The molecule has 0 aromatic rings. The molecule has 1 atom stereocenters. The largest absolute Gasteiger partial charge is 0.0998 e. The van der Waals surface area contributed by atoms with Crippen LogP contribution in [-0.2, 0) is 0 Å². The van der Waals surface area contributed by atoms with Crippen LogP contribution in [0, 0.1) is 5.92 Å². The van der Waals surface area contributed by atoms with Crippen molar-refractivity contribution in [2.75, 3.05) is 0 Å². The fraction of sp³-hybridized carbons (Fsp3) is 0.733. The van der Waals surface area contributed by atoms with Crippen molar-refractivity contribution in [3.63, 3.8) is 0 Å². The maximum Gasteiger partial charge on any atom is -0.0174 e. The van der Waals surface area contributed by atoms with Crippen molar-refractivity contribution in [2.24, 2.45) is 5.92 Å². The van der Waals surface area contributed by atoms with E-state index in [9.17, 15) is 0 Å². The molecule has 0 aromatic carbocycles. The molecule has 0 N–H and O–H groups in total. The van der Waals surface area contributed by atoms with Crippen molar-refractivity contribution in [3.05, 3.63) is 24.3 Å². The molecule has 0 heteroatoms. The second-order valence-electron chi connectivity index (χ2n) is 4.51. The van der Waals surface area contributed by atoms with Crippen molar-refractivity contribution in [3.8, 4) is 0 Å². The first kappa shape index (κ1) is 14.5. The zero-order chi connectivity index (χ0) is 11.5. The number of unbranched alkanes of at least 4 members (excludes halogenated alkanes) is 3. The van der Waals surface area contributed by atoms with E-state index in [2.05, 4.69) is 39.5 Å². The summed E-state index contributed by atoms with van der Waals surface area (Å²) in [6.07, 6.45) is 13.7. The Hall–Kier alpha value is -0.520. The Morgan fingerprint density at radius 1 is 1.13 bits per heavy atom. The highest BCUT2D eigenvalue weighted by Gasteiger charge is 2.06. The van der Waals surface area contributed by atoms with Gasteiger partial charge in [-0.2, -0.15) is 0 Å². The fourth-order valence-corrected chi connectivity index (χ4v) is 1.81. The summed E-state index contributed by atoms with van der Waals surface area (Å²) in [5.74, 6) is 0.713. The van der Waals surface area contributed by atoms with Gasteiger partial charge in [-0.3, -0.25) is 0 Å². The monoisotopic (exact) mass is 208 g/mol. The molecule has 0 saturated carbocycles. The molecule has 0 amide bonds. The first-order chi connectivity index (χ1) is 7.22. The molecule has 0 bridgehead atoms. The zero-order valence-electron chi connectivity index (χ0n) is 10.9. The van der Waals surface area contributed by atoms with E-state index in [1.54, 1.807) is 0 Å². The molecule has 15 heavy (non-hydrogen) atoms. The van der Waals surface area contributed by atoms with E-state index in [1.165, 1.54) is 44.1 Å². The second-order valence-corrected chi connectivity index (χ2v) is 4.51. The highest BCUT2D eigenvalue weighted by molar-refractivity contribution is 4.99. The quantitative estimate of drug-likeness (QED) is 0.346. The third-order valence-corrected chi connectivity index (χ3v) is 2.93. The molecule has 1 unspecified atom stereocenters. The normalized spacial score (nSPS) is 13.3. The van der Waals surface area contributed by atoms with Gasteiger partial charge in [0.1, 0.15) is 0 Å². The molecule has 0 fully saturated rings. The van der Waals surface area contributed by atoms with Crippen molar-refractivity contribution < 1.29 is 0 Å². The van der Waals surface area contributed by atoms with Crippen LogP contribution in [0.3, 0.4) is 0 Å². The molecule has 0 saturated heterocycles. The van der Waals surface area contributed by atoms with Gasteiger partial charge in [-0.15, -0.1) is 0 Å². The van der Waals surface area contributed by atoms with E-state index in [0.29, 0.717) is 5.92 Å². The van der Waals surface area contributed by atoms with Gasteiger partial charge in [-0.05, 0) is 32.1 Å². The van der Waals surface area contributed by atoms with Crippen molar-refractivity contribution in [1.29, 1.82) is 0 Å². The number of rotatable bonds is 9. The van der Waals surface area contributed by atoms with Crippen LogP contribution in [0.4, 0.5) is 0 Å². The van der Waals surface area contributed by atoms with Gasteiger partial charge in [0.15, 0.2) is 0 Å². The zero-order valence-corrected chi connectivity index (χ0v) is 10.9. The van der Waals surface area contributed by atoms with E-state index in [1.807, 2.05) is 0 Å². The summed E-state index contributed by atoms with van der Waals surface area (Å²) in [6, 6.07) is 0. The second kappa shape index (κ2) is 10.0. The van der Waals surface area contributed by atoms with E-state index in [-0.39, 0.29) is 0 Å². The fourth-order valence-electron chi connectivity index (χ4n) is 1.81. The van der Waals surface area contributed by atoms with Gasteiger partial charge in [0, 0.05) is 0 Å². The maximum absolute atomic E-state index is 4.10. The SMILES string of the molecule is C=C(C)C(CC=CCC)CCCCCC. The highest BCUT2D eigenvalue weighted by atomic mass is 14.1. The summed E-state index contributed by atoms with van der Waals surface area (Å²) >= 11 is 0. The lowest BCUT2D eigenvalue weighted by molar-refractivity contribution is 0.514. The van der Waals surface area contributed by atoms with Crippen LogP contribution in [0.15, 0.2) is 24.3 Å². The average Bonchev–Trinajstić information content (AvgIpc) is 2.21. The Bertz CT molecular complexity index is 176.